The van der Waals surface area contributed by atoms with Crippen LogP contribution in [0.15, 0.2) is 65.0 Å². The maximum absolute atomic E-state index is 5.21. The Kier molecular flexibility index (Phi) is 5.49. The number of unbranched alkanes of at least 4 members (excludes halogenated alkanes) is 1. The van der Waals surface area contributed by atoms with Crippen molar-refractivity contribution >= 4 is 17.0 Å². The third-order valence-electron chi connectivity index (χ3n) is 3.90. The van der Waals surface area contributed by atoms with Gasteiger partial charge in [-0.15, -0.1) is 11.3 Å². The number of nitrogens with zero attached hydrogens (tertiary/aromatic N) is 2. The Morgan fingerprint density at radius 2 is 1.79 bits per heavy atom. The summed E-state index contributed by atoms with van der Waals surface area (Å²) in [6.07, 6.45) is 2.31. The van der Waals surface area contributed by atoms with Gasteiger partial charge in [-0.1, -0.05) is 43.7 Å². The Balaban J connectivity index is 2.03. The second kappa shape index (κ2) is 7.97. The predicted molar refractivity (Wildman–Crippen MR) is 101 cm³/mol. The first-order chi connectivity index (χ1) is 11.8. The summed E-state index contributed by atoms with van der Waals surface area (Å²) in [5, 5.41) is 2.20. The Hall–Kier alpha value is -2.33. The van der Waals surface area contributed by atoms with Crippen molar-refractivity contribution in [3.63, 3.8) is 0 Å². The summed E-state index contributed by atoms with van der Waals surface area (Å²) in [6.45, 7) is 3.20. The summed E-state index contributed by atoms with van der Waals surface area (Å²) in [5.41, 5.74) is 3.42. The van der Waals surface area contributed by atoms with Crippen LogP contribution >= 0.6 is 11.3 Å². The van der Waals surface area contributed by atoms with Gasteiger partial charge in [0.1, 0.15) is 5.75 Å². The highest BCUT2D eigenvalue weighted by molar-refractivity contribution is 7.07. The van der Waals surface area contributed by atoms with Gasteiger partial charge in [0.25, 0.3) is 0 Å². The van der Waals surface area contributed by atoms with Crippen LogP contribution in [0.2, 0.25) is 0 Å². The molecule has 0 aliphatic rings. The van der Waals surface area contributed by atoms with E-state index in [9.17, 15) is 0 Å². The Morgan fingerprint density at radius 1 is 1.04 bits per heavy atom. The van der Waals surface area contributed by atoms with Gasteiger partial charge in [0.15, 0.2) is 4.80 Å². The van der Waals surface area contributed by atoms with Crippen molar-refractivity contribution in [1.29, 1.82) is 0 Å². The molecular formula is C20H22N2OS. The molecule has 124 valence electrons. The summed E-state index contributed by atoms with van der Waals surface area (Å²) >= 11 is 1.69. The van der Waals surface area contributed by atoms with E-state index in [4.69, 9.17) is 9.73 Å². The van der Waals surface area contributed by atoms with E-state index < -0.39 is 0 Å². The van der Waals surface area contributed by atoms with Gasteiger partial charge in [0, 0.05) is 11.9 Å². The fourth-order valence-corrected chi connectivity index (χ4v) is 3.51. The first kappa shape index (κ1) is 16.5. The van der Waals surface area contributed by atoms with Gasteiger partial charge < -0.3 is 9.30 Å². The first-order valence-corrected chi connectivity index (χ1v) is 9.12. The van der Waals surface area contributed by atoms with E-state index in [1.807, 2.05) is 24.3 Å². The van der Waals surface area contributed by atoms with Gasteiger partial charge in [-0.05, 0) is 36.2 Å². The Bertz CT molecular complexity index is 832. The van der Waals surface area contributed by atoms with E-state index in [1.54, 1.807) is 18.4 Å². The van der Waals surface area contributed by atoms with Crippen LogP contribution in [0.25, 0.3) is 11.3 Å². The summed E-state index contributed by atoms with van der Waals surface area (Å²) in [4.78, 5) is 5.88. The number of aromatic nitrogens is 1. The van der Waals surface area contributed by atoms with Gasteiger partial charge in [-0.25, -0.2) is 4.99 Å². The SMILES string of the molecule is CCCCn1c(-c2ccccc2)csc1=Nc1ccc(OC)cc1. The molecule has 0 unspecified atom stereocenters. The van der Waals surface area contributed by atoms with Gasteiger partial charge in [0.05, 0.1) is 18.5 Å². The van der Waals surface area contributed by atoms with Crippen molar-refractivity contribution in [1.82, 2.24) is 4.57 Å². The molecule has 4 heteroatoms. The molecule has 24 heavy (non-hydrogen) atoms. The molecule has 0 spiro atoms. The van der Waals surface area contributed by atoms with Gasteiger partial charge in [-0.2, -0.15) is 0 Å². The van der Waals surface area contributed by atoms with Crippen molar-refractivity contribution < 1.29 is 4.74 Å². The molecule has 0 saturated heterocycles. The Morgan fingerprint density at radius 3 is 2.46 bits per heavy atom. The van der Waals surface area contributed by atoms with E-state index in [-0.39, 0.29) is 0 Å². The highest BCUT2D eigenvalue weighted by Crippen LogP contribution is 2.22. The minimum atomic E-state index is 0.851. The lowest BCUT2D eigenvalue weighted by Gasteiger charge is -2.08. The zero-order valence-corrected chi connectivity index (χ0v) is 14.9. The van der Waals surface area contributed by atoms with Gasteiger partial charge >= 0.3 is 0 Å². The number of thiazole rings is 1. The third-order valence-corrected chi connectivity index (χ3v) is 4.76. The lowest BCUT2D eigenvalue weighted by molar-refractivity contribution is 0.415. The van der Waals surface area contributed by atoms with Crippen LogP contribution in [-0.4, -0.2) is 11.7 Å². The summed E-state index contributed by atoms with van der Waals surface area (Å²) in [5.74, 6) is 0.851. The zero-order valence-electron chi connectivity index (χ0n) is 14.1. The van der Waals surface area contributed by atoms with E-state index in [1.165, 1.54) is 17.7 Å². The number of benzene rings is 2. The fraction of sp³-hybridized carbons (Fsp3) is 0.250. The van der Waals surface area contributed by atoms with Crippen LogP contribution in [0, 0.1) is 0 Å². The van der Waals surface area contributed by atoms with Crippen molar-refractivity contribution in [3.8, 4) is 17.0 Å². The molecule has 2 aromatic carbocycles. The lowest BCUT2D eigenvalue weighted by atomic mass is 10.2. The molecule has 0 radical (unpaired) electrons. The standard InChI is InChI=1S/C20H22N2OS/c1-3-4-14-22-19(16-8-6-5-7-9-16)15-24-20(22)21-17-10-12-18(23-2)13-11-17/h5-13,15H,3-4,14H2,1-2H3. The quantitative estimate of drug-likeness (QED) is 0.602. The average molecular weight is 338 g/mol. The van der Waals surface area contributed by atoms with Crippen LogP contribution in [-0.2, 0) is 6.54 Å². The summed E-state index contributed by atoms with van der Waals surface area (Å²) in [6, 6.07) is 18.4. The van der Waals surface area contributed by atoms with Crippen LogP contribution in [0.1, 0.15) is 19.8 Å². The molecule has 3 rings (SSSR count). The first-order valence-electron chi connectivity index (χ1n) is 8.24. The Labute approximate surface area is 146 Å². The second-order valence-corrected chi connectivity index (χ2v) is 6.42. The topological polar surface area (TPSA) is 26.5 Å². The summed E-state index contributed by atoms with van der Waals surface area (Å²) < 4.78 is 7.54. The molecule has 0 saturated carbocycles. The molecule has 0 amide bonds. The molecule has 1 heterocycles. The number of hydrogen-bond acceptors (Lipinski definition) is 3. The number of hydrogen-bond donors (Lipinski definition) is 0. The highest BCUT2D eigenvalue weighted by Gasteiger charge is 2.07. The van der Waals surface area contributed by atoms with Crippen LogP contribution in [0.3, 0.4) is 0 Å². The van der Waals surface area contributed by atoms with Crippen molar-refractivity contribution in [3.05, 3.63) is 64.8 Å². The largest absolute Gasteiger partial charge is 0.497 e. The predicted octanol–water partition coefficient (Wildman–Crippen LogP) is 5.26. The normalized spacial score (nSPS) is 11.7. The highest BCUT2D eigenvalue weighted by atomic mass is 32.1. The minimum absolute atomic E-state index is 0.851. The van der Waals surface area contributed by atoms with E-state index >= 15 is 0 Å². The smallest absolute Gasteiger partial charge is 0.190 e. The summed E-state index contributed by atoms with van der Waals surface area (Å²) in [7, 11) is 1.68. The molecule has 0 aliphatic heterocycles. The van der Waals surface area contributed by atoms with Gasteiger partial charge in [-0.3, -0.25) is 0 Å². The monoisotopic (exact) mass is 338 g/mol. The van der Waals surface area contributed by atoms with E-state index in [0.29, 0.717) is 0 Å². The number of rotatable bonds is 6. The molecular weight excluding hydrogens is 316 g/mol. The van der Waals surface area contributed by atoms with Crippen molar-refractivity contribution in [2.45, 2.75) is 26.3 Å². The minimum Gasteiger partial charge on any atom is -0.497 e. The molecule has 0 bridgehead atoms. The molecule has 0 fully saturated rings. The van der Waals surface area contributed by atoms with E-state index in [2.05, 4.69) is 47.2 Å². The third kappa shape index (κ3) is 3.77. The lowest BCUT2D eigenvalue weighted by Crippen LogP contribution is -2.15. The molecule has 0 aliphatic carbocycles. The fourth-order valence-electron chi connectivity index (χ4n) is 2.56. The zero-order chi connectivity index (χ0) is 16.8. The average Bonchev–Trinajstić information content (AvgIpc) is 3.04. The van der Waals surface area contributed by atoms with Crippen LogP contribution in [0.5, 0.6) is 5.75 Å². The van der Waals surface area contributed by atoms with E-state index in [0.717, 1.165) is 29.2 Å². The maximum atomic E-state index is 5.21. The van der Waals surface area contributed by atoms with Crippen molar-refractivity contribution in [2.75, 3.05) is 7.11 Å². The number of methoxy groups -OCH3 is 1. The maximum Gasteiger partial charge on any atom is 0.190 e. The molecule has 3 aromatic rings. The molecule has 0 N–H and O–H groups in total. The molecule has 0 atom stereocenters. The van der Waals surface area contributed by atoms with Crippen LogP contribution in [0.4, 0.5) is 5.69 Å². The second-order valence-electron chi connectivity index (χ2n) is 5.58. The number of ether oxygens (including phenoxy) is 1. The van der Waals surface area contributed by atoms with Gasteiger partial charge in [0.2, 0.25) is 0 Å². The molecule has 1 aromatic heterocycles. The van der Waals surface area contributed by atoms with Crippen molar-refractivity contribution in [2.24, 2.45) is 4.99 Å². The molecule has 3 nitrogen and oxygen atoms in total. The van der Waals surface area contributed by atoms with Crippen LogP contribution < -0.4 is 9.54 Å².